The third-order valence-corrected chi connectivity index (χ3v) is 3.15. The summed E-state index contributed by atoms with van der Waals surface area (Å²) in [4.78, 5) is 10.4. The second-order valence-corrected chi connectivity index (χ2v) is 4.40. The molecule has 0 amide bonds. The summed E-state index contributed by atoms with van der Waals surface area (Å²) in [5, 5.41) is 17.2. The van der Waals surface area contributed by atoms with Crippen LogP contribution < -0.4 is 0 Å². The Hall–Kier alpha value is -1.76. The van der Waals surface area contributed by atoms with Crippen molar-refractivity contribution in [2.45, 2.75) is 11.6 Å². The van der Waals surface area contributed by atoms with E-state index in [4.69, 9.17) is 9.52 Å². The molecule has 17 heavy (non-hydrogen) atoms. The highest BCUT2D eigenvalue weighted by molar-refractivity contribution is 7.99. The number of carbonyl (C=O) groups is 1. The lowest BCUT2D eigenvalue weighted by Gasteiger charge is -2.00. The van der Waals surface area contributed by atoms with Gasteiger partial charge in [-0.25, -0.2) is 0 Å². The highest BCUT2D eigenvalue weighted by Gasteiger charge is 2.13. The summed E-state index contributed by atoms with van der Waals surface area (Å²) in [5.74, 6) is 0.934. The van der Waals surface area contributed by atoms with Gasteiger partial charge in [0.05, 0.1) is 12.7 Å². The Morgan fingerprint density at radius 1 is 1.59 bits per heavy atom. The molecular weight excluding hydrogens is 242 g/mol. The van der Waals surface area contributed by atoms with Crippen LogP contribution in [0.3, 0.4) is 0 Å². The summed E-state index contributed by atoms with van der Waals surface area (Å²) in [6, 6.07) is 3.58. The zero-order valence-corrected chi connectivity index (χ0v) is 9.98. The molecule has 90 valence electrons. The van der Waals surface area contributed by atoms with E-state index in [1.165, 1.54) is 11.8 Å². The molecule has 2 rings (SSSR count). The van der Waals surface area contributed by atoms with E-state index in [2.05, 4.69) is 10.2 Å². The predicted octanol–water partition coefficient (Wildman–Crippen LogP) is 1.64. The van der Waals surface area contributed by atoms with Crippen molar-refractivity contribution in [1.29, 1.82) is 0 Å². The summed E-state index contributed by atoms with van der Waals surface area (Å²) < 4.78 is 7.01. The van der Waals surface area contributed by atoms with E-state index in [1.54, 1.807) is 23.0 Å². The minimum Gasteiger partial charge on any atom is -0.481 e. The molecule has 2 heterocycles. The van der Waals surface area contributed by atoms with Gasteiger partial charge in [0.2, 0.25) is 0 Å². The molecule has 0 bridgehead atoms. The van der Waals surface area contributed by atoms with Crippen LogP contribution in [0.15, 0.2) is 28.0 Å². The number of hydrogen-bond acceptors (Lipinski definition) is 5. The average Bonchev–Trinajstić information content (AvgIpc) is 2.88. The summed E-state index contributed by atoms with van der Waals surface area (Å²) >= 11 is 1.36. The van der Waals surface area contributed by atoms with Gasteiger partial charge in [0.25, 0.3) is 0 Å². The van der Waals surface area contributed by atoms with Gasteiger partial charge in [0.15, 0.2) is 16.7 Å². The van der Waals surface area contributed by atoms with Gasteiger partial charge in [-0.2, -0.15) is 0 Å². The third kappa shape index (κ3) is 2.68. The first kappa shape index (κ1) is 11.7. The number of aromatic nitrogens is 3. The van der Waals surface area contributed by atoms with Crippen LogP contribution >= 0.6 is 11.8 Å². The van der Waals surface area contributed by atoms with Gasteiger partial charge in [-0.3, -0.25) is 4.79 Å². The molecule has 0 atom stereocenters. The van der Waals surface area contributed by atoms with Crippen molar-refractivity contribution in [3.05, 3.63) is 18.4 Å². The zero-order chi connectivity index (χ0) is 12.3. The summed E-state index contributed by atoms with van der Waals surface area (Å²) in [5.41, 5.74) is 0. The smallest absolute Gasteiger partial charge is 0.304 e. The molecule has 0 unspecified atom stereocenters. The minimum atomic E-state index is -0.814. The number of thioether (sulfide) groups is 1. The van der Waals surface area contributed by atoms with Crippen LogP contribution in [0, 0.1) is 0 Å². The molecule has 0 radical (unpaired) electrons. The van der Waals surface area contributed by atoms with Crippen molar-refractivity contribution < 1.29 is 14.3 Å². The standard InChI is InChI=1S/C10H11N3O3S/c1-13-9(7-3-2-5-16-7)11-12-10(13)17-6-4-8(14)15/h2-3,5H,4,6H2,1H3,(H,14,15). The van der Waals surface area contributed by atoms with Crippen LogP contribution in [0.2, 0.25) is 0 Å². The van der Waals surface area contributed by atoms with Crippen LogP contribution in [0.5, 0.6) is 0 Å². The number of hydrogen-bond donors (Lipinski definition) is 1. The van der Waals surface area contributed by atoms with E-state index in [0.29, 0.717) is 22.5 Å². The molecule has 2 aromatic heterocycles. The minimum absolute atomic E-state index is 0.105. The lowest BCUT2D eigenvalue weighted by atomic mass is 10.4. The highest BCUT2D eigenvalue weighted by atomic mass is 32.2. The summed E-state index contributed by atoms with van der Waals surface area (Å²) in [7, 11) is 1.82. The first-order valence-corrected chi connectivity index (χ1v) is 5.95. The second kappa shape index (κ2) is 5.05. The van der Waals surface area contributed by atoms with E-state index < -0.39 is 5.97 Å². The Kier molecular flexibility index (Phi) is 3.48. The normalized spacial score (nSPS) is 10.6. The molecule has 1 N–H and O–H groups in total. The van der Waals surface area contributed by atoms with Crippen molar-refractivity contribution in [2.24, 2.45) is 7.05 Å². The number of aliphatic carboxylic acids is 1. The van der Waals surface area contributed by atoms with Crippen molar-refractivity contribution in [1.82, 2.24) is 14.8 Å². The molecular formula is C10H11N3O3S. The second-order valence-electron chi connectivity index (χ2n) is 3.33. The molecule has 0 aliphatic carbocycles. The quantitative estimate of drug-likeness (QED) is 0.816. The molecule has 0 aromatic carbocycles. The van der Waals surface area contributed by atoms with Crippen LogP contribution in [-0.2, 0) is 11.8 Å². The topological polar surface area (TPSA) is 81.2 Å². The van der Waals surface area contributed by atoms with Crippen molar-refractivity contribution in [2.75, 3.05) is 5.75 Å². The van der Waals surface area contributed by atoms with Crippen molar-refractivity contribution >= 4 is 17.7 Å². The third-order valence-electron chi connectivity index (χ3n) is 2.12. The molecule has 0 saturated carbocycles. The lowest BCUT2D eigenvalue weighted by molar-refractivity contribution is -0.136. The van der Waals surface area contributed by atoms with Crippen LogP contribution in [-0.4, -0.2) is 31.6 Å². The Labute approximate surface area is 102 Å². The van der Waals surface area contributed by atoms with E-state index >= 15 is 0 Å². The van der Waals surface area contributed by atoms with Gasteiger partial charge in [0, 0.05) is 12.8 Å². The molecule has 0 spiro atoms. The van der Waals surface area contributed by atoms with Crippen LogP contribution in [0.25, 0.3) is 11.6 Å². The number of furan rings is 1. The first-order valence-electron chi connectivity index (χ1n) is 4.96. The fourth-order valence-corrected chi connectivity index (χ4v) is 2.13. The SMILES string of the molecule is Cn1c(SCCC(=O)O)nnc1-c1ccco1. The van der Waals surface area contributed by atoms with E-state index in [1.807, 2.05) is 7.05 Å². The fraction of sp³-hybridized carbons (Fsp3) is 0.300. The number of carboxylic acid groups (broad SMARTS) is 1. The average molecular weight is 253 g/mol. The molecule has 0 aliphatic rings. The molecule has 6 nitrogen and oxygen atoms in total. The fourth-order valence-electron chi connectivity index (χ4n) is 1.29. The van der Waals surface area contributed by atoms with E-state index in [0.717, 1.165) is 0 Å². The Balaban J connectivity index is 2.08. The van der Waals surface area contributed by atoms with E-state index in [9.17, 15) is 4.79 Å². The first-order chi connectivity index (χ1) is 8.18. The number of rotatable bonds is 5. The Bertz CT molecular complexity index is 507. The van der Waals surface area contributed by atoms with Gasteiger partial charge in [-0.05, 0) is 12.1 Å². The van der Waals surface area contributed by atoms with Gasteiger partial charge < -0.3 is 14.1 Å². The lowest BCUT2D eigenvalue weighted by Crippen LogP contribution is -1.98. The van der Waals surface area contributed by atoms with Crippen LogP contribution in [0.4, 0.5) is 0 Å². The summed E-state index contributed by atoms with van der Waals surface area (Å²) in [6.45, 7) is 0. The van der Waals surface area contributed by atoms with Crippen molar-refractivity contribution in [3.8, 4) is 11.6 Å². The van der Waals surface area contributed by atoms with Crippen molar-refractivity contribution in [3.63, 3.8) is 0 Å². The largest absolute Gasteiger partial charge is 0.481 e. The maximum Gasteiger partial charge on any atom is 0.304 e. The number of carboxylic acids is 1. The molecule has 0 aliphatic heterocycles. The van der Waals surface area contributed by atoms with Crippen LogP contribution in [0.1, 0.15) is 6.42 Å². The molecule has 7 heteroatoms. The highest BCUT2D eigenvalue weighted by Crippen LogP contribution is 2.22. The Morgan fingerprint density at radius 2 is 2.41 bits per heavy atom. The molecule has 0 saturated heterocycles. The van der Waals surface area contributed by atoms with Gasteiger partial charge in [0.1, 0.15) is 0 Å². The van der Waals surface area contributed by atoms with Gasteiger partial charge in [-0.15, -0.1) is 10.2 Å². The van der Waals surface area contributed by atoms with E-state index in [-0.39, 0.29) is 6.42 Å². The Morgan fingerprint density at radius 3 is 3.06 bits per heavy atom. The maximum atomic E-state index is 10.4. The maximum absolute atomic E-state index is 10.4. The van der Waals surface area contributed by atoms with Gasteiger partial charge in [-0.1, -0.05) is 11.8 Å². The number of nitrogens with zero attached hydrogens (tertiary/aromatic N) is 3. The molecule has 0 fully saturated rings. The summed E-state index contributed by atoms with van der Waals surface area (Å²) in [6.07, 6.45) is 1.68. The monoisotopic (exact) mass is 253 g/mol. The molecule has 2 aromatic rings. The zero-order valence-electron chi connectivity index (χ0n) is 9.16. The van der Waals surface area contributed by atoms with Gasteiger partial charge >= 0.3 is 5.97 Å². The predicted molar refractivity (Wildman–Crippen MR) is 61.7 cm³/mol.